The molecule has 0 radical (unpaired) electrons. The van der Waals surface area contributed by atoms with Crippen molar-refractivity contribution < 1.29 is 9.13 Å². The maximum atomic E-state index is 14.0. The van der Waals surface area contributed by atoms with Crippen LogP contribution >= 0.6 is 0 Å². The summed E-state index contributed by atoms with van der Waals surface area (Å²) in [5.74, 6) is 0.461. The van der Waals surface area contributed by atoms with Gasteiger partial charge in [-0.15, -0.1) is 0 Å². The Bertz CT molecular complexity index is 581. The molecular weight excluding hydrogens is 269 g/mol. The number of nitrogens with one attached hydrogen (secondary N) is 1. The molecule has 0 spiro atoms. The van der Waals surface area contributed by atoms with Crippen molar-refractivity contribution in [3.05, 3.63) is 42.0 Å². The highest BCUT2D eigenvalue weighted by Gasteiger charge is 2.12. The summed E-state index contributed by atoms with van der Waals surface area (Å²) in [5, 5.41) is 7.46. The molecule has 0 bridgehead atoms. The first-order valence-electron chi connectivity index (χ1n) is 7.31. The van der Waals surface area contributed by atoms with E-state index in [1.807, 2.05) is 6.07 Å². The number of benzene rings is 1. The summed E-state index contributed by atoms with van der Waals surface area (Å²) in [6, 6.07) is 5.29. The third-order valence-electron chi connectivity index (χ3n) is 3.03. The first-order chi connectivity index (χ1) is 10.1. The smallest absolute Gasteiger partial charge is 0.167 e. The molecule has 0 saturated carbocycles. The van der Waals surface area contributed by atoms with Crippen molar-refractivity contribution in [2.75, 3.05) is 0 Å². The van der Waals surface area contributed by atoms with Crippen molar-refractivity contribution in [2.45, 2.75) is 46.3 Å². The zero-order valence-electron chi connectivity index (χ0n) is 12.8. The molecule has 0 aliphatic heterocycles. The van der Waals surface area contributed by atoms with Crippen LogP contribution in [0.4, 0.5) is 4.39 Å². The van der Waals surface area contributed by atoms with E-state index >= 15 is 0 Å². The van der Waals surface area contributed by atoms with Gasteiger partial charge in [0, 0.05) is 24.7 Å². The minimum absolute atomic E-state index is 0.265. The van der Waals surface area contributed by atoms with E-state index in [0.717, 1.165) is 18.5 Å². The molecule has 0 aliphatic carbocycles. The topological polar surface area (TPSA) is 39.1 Å². The highest BCUT2D eigenvalue weighted by molar-refractivity contribution is 5.38. The molecule has 0 aliphatic rings. The van der Waals surface area contributed by atoms with Gasteiger partial charge in [-0.05, 0) is 12.5 Å². The molecule has 4 nitrogen and oxygen atoms in total. The van der Waals surface area contributed by atoms with Crippen LogP contribution in [0.1, 0.15) is 32.8 Å². The first kappa shape index (κ1) is 15.5. The molecule has 1 N–H and O–H groups in total. The Morgan fingerprint density at radius 2 is 2.19 bits per heavy atom. The fourth-order valence-electron chi connectivity index (χ4n) is 1.99. The number of ether oxygens (including phenoxy) is 1. The van der Waals surface area contributed by atoms with Crippen molar-refractivity contribution in [1.29, 1.82) is 0 Å². The largest absolute Gasteiger partial charge is 0.451 e. The minimum Gasteiger partial charge on any atom is -0.451 e. The second-order valence-electron chi connectivity index (χ2n) is 5.30. The quantitative estimate of drug-likeness (QED) is 0.845. The van der Waals surface area contributed by atoms with Crippen molar-refractivity contribution in [1.82, 2.24) is 15.1 Å². The summed E-state index contributed by atoms with van der Waals surface area (Å²) < 4.78 is 21.5. The third-order valence-corrected chi connectivity index (χ3v) is 3.03. The summed E-state index contributed by atoms with van der Waals surface area (Å²) in [5.41, 5.74) is 0.798. The Kier molecular flexibility index (Phi) is 5.33. The van der Waals surface area contributed by atoms with Gasteiger partial charge in [0.2, 0.25) is 0 Å². The zero-order chi connectivity index (χ0) is 15.2. The Labute approximate surface area is 124 Å². The van der Waals surface area contributed by atoms with E-state index < -0.39 is 0 Å². The average molecular weight is 291 g/mol. The van der Waals surface area contributed by atoms with E-state index in [4.69, 9.17) is 4.74 Å². The van der Waals surface area contributed by atoms with Gasteiger partial charge >= 0.3 is 0 Å². The lowest BCUT2D eigenvalue weighted by Gasteiger charge is -2.13. The molecule has 21 heavy (non-hydrogen) atoms. The number of rotatable bonds is 7. The molecule has 2 aromatic rings. The van der Waals surface area contributed by atoms with Gasteiger partial charge in [-0.1, -0.05) is 32.9 Å². The third kappa shape index (κ3) is 4.29. The van der Waals surface area contributed by atoms with Gasteiger partial charge in [-0.3, -0.25) is 4.68 Å². The van der Waals surface area contributed by atoms with Gasteiger partial charge in [0.25, 0.3) is 0 Å². The lowest BCUT2D eigenvalue weighted by Crippen LogP contribution is -2.22. The van der Waals surface area contributed by atoms with Crippen molar-refractivity contribution in [3.63, 3.8) is 0 Å². The number of para-hydroxylation sites is 1. The number of aromatic nitrogens is 2. The van der Waals surface area contributed by atoms with Crippen LogP contribution < -0.4 is 10.1 Å². The van der Waals surface area contributed by atoms with Crippen molar-refractivity contribution >= 4 is 0 Å². The van der Waals surface area contributed by atoms with Crippen molar-refractivity contribution in [2.24, 2.45) is 0 Å². The number of nitrogens with zero attached hydrogens (tertiary/aromatic N) is 2. The zero-order valence-corrected chi connectivity index (χ0v) is 12.8. The SMILES string of the molecule is CCCn1cc(Oc2c(F)cccc2CNC(C)C)cn1. The molecule has 114 valence electrons. The normalized spacial score (nSPS) is 11.1. The number of hydrogen-bond acceptors (Lipinski definition) is 3. The van der Waals surface area contributed by atoms with Gasteiger partial charge in [0.1, 0.15) is 0 Å². The van der Waals surface area contributed by atoms with E-state index in [-0.39, 0.29) is 11.6 Å². The molecule has 1 aromatic heterocycles. The fourth-order valence-corrected chi connectivity index (χ4v) is 1.99. The van der Waals surface area contributed by atoms with Crippen LogP contribution in [0.2, 0.25) is 0 Å². The predicted molar refractivity (Wildman–Crippen MR) is 81.0 cm³/mol. The molecule has 5 heteroatoms. The molecule has 0 amide bonds. The Morgan fingerprint density at radius 1 is 1.38 bits per heavy atom. The average Bonchev–Trinajstić information content (AvgIpc) is 2.87. The van der Waals surface area contributed by atoms with Gasteiger partial charge in [-0.25, -0.2) is 4.39 Å². The fraction of sp³-hybridized carbons (Fsp3) is 0.438. The predicted octanol–water partition coefficient (Wildman–Crippen LogP) is 3.72. The van der Waals surface area contributed by atoms with E-state index in [0.29, 0.717) is 18.3 Å². The molecule has 0 atom stereocenters. The van der Waals surface area contributed by atoms with Gasteiger partial charge in [-0.2, -0.15) is 5.10 Å². The second-order valence-corrected chi connectivity index (χ2v) is 5.30. The molecule has 0 unspecified atom stereocenters. The molecule has 0 saturated heterocycles. The molecule has 0 fully saturated rings. The molecule has 2 rings (SSSR count). The van der Waals surface area contributed by atoms with Crippen LogP contribution in [0.25, 0.3) is 0 Å². The highest BCUT2D eigenvalue weighted by Crippen LogP contribution is 2.28. The summed E-state index contributed by atoms with van der Waals surface area (Å²) >= 11 is 0. The van der Waals surface area contributed by atoms with Crippen LogP contribution in [-0.4, -0.2) is 15.8 Å². The number of aryl methyl sites for hydroxylation is 1. The maximum Gasteiger partial charge on any atom is 0.167 e. The second kappa shape index (κ2) is 7.22. The lowest BCUT2D eigenvalue weighted by atomic mass is 10.2. The summed E-state index contributed by atoms with van der Waals surface area (Å²) in [6.07, 6.45) is 4.39. The van der Waals surface area contributed by atoms with Crippen LogP contribution in [0.3, 0.4) is 0 Å². The van der Waals surface area contributed by atoms with Crippen LogP contribution in [0, 0.1) is 5.82 Å². The number of halogens is 1. The maximum absolute atomic E-state index is 14.0. The Balaban J connectivity index is 2.17. The van der Waals surface area contributed by atoms with E-state index in [1.165, 1.54) is 6.07 Å². The van der Waals surface area contributed by atoms with E-state index in [2.05, 4.69) is 31.2 Å². The Morgan fingerprint density at radius 3 is 2.90 bits per heavy atom. The summed E-state index contributed by atoms with van der Waals surface area (Å²) in [4.78, 5) is 0. The number of hydrogen-bond donors (Lipinski definition) is 1. The monoisotopic (exact) mass is 291 g/mol. The molecule has 1 aromatic carbocycles. The highest BCUT2D eigenvalue weighted by atomic mass is 19.1. The summed E-state index contributed by atoms with van der Waals surface area (Å²) in [7, 11) is 0. The lowest BCUT2D eigenvalue weighted by molar-refractivity contribution is 0.430. The summed E-state index contributed by atoms with van der Waals surface area (Å²) in [6.45, 7) is 7.56. The van der Waals surface area contributed by atoms with Gasteiger partial charge < -0.3 is 10.1 Å². The minimum atomic E-state index is -0.360. The van der Waals surface area contributed by atoms with Crippen molar-refractivity contribution in [3.8, 4) is 11.5 Å². The Hall–Kier alpha value is -1.88. The van der Waals surface area contributed by atoms with E-state index in [1.54, 1.807) is 23.1 Å². The van der Waals surface area contributed by atoms with Crippen LogP contribution in [-0.2, 0) is 13.1 Å². The van der Waals surface area contributed by atoms with E-state index in [9.17, 15) is 4.39 Å². The first-order valence-corrected chi connectivity index (χ1v) is 7.31. The standard InChI is InChI=1S/C16H22FN3O/c1-4-8-20-11-14(10-19-20)21-16-13(9-18-12(2)3)6-5-7-15(16)17/h5-7,10-12,18H,4,8-9H2,1-3H3. The molecule has 1 heterocycles. The van der Waals surface area contributed by atoms with Gasteiger partial charge in [0.05, 0.1) is 12.4 Å². The van der Waals surface area contributed by atoms with Crippen LogP contribution in [0.5, 0.6) is 11.5 Å². The van der Waals surface area contributed by atoms with Gasteiger partial charge in [0.15, 0.2) is 17.3 Å². The van der Waals surface area contributed by atoms with Crippen LogP contribution in [0.15, 0.2) is 30.6 Å². The molecular formula is C16H22FN3O.